The van der Waals surface area contributed by atoms with Gasteiger partial charge in [-0.15, -0.1) is 0 Å². The minimum atomic E-state index is -4.62. The van der Waals surface area contributed by atoms with E-state index in [2.05, 4.69) is 5.32 Å². The lowest BCUT2D eigenvalue weighted by molar-refractivity contribution is -0.137. The molecule has 0 unspecified atom stereocenters. The van der Waals surface area contributed by atoms with Gasteiger partial charge in [-0.05, 0) is 65.3 Å². The fourth-order valence-electron chi connectivity index (χ4n) is 2.92. The summed E-state index contributed by atoms with van der Waals surface area (Å²) >= 11 is 5.92. The van der Waals surface area contributed by atoms with Gasteiger partial charge < -0.3 is 19.7 Å². The van der Waals surface area contributed by atoms with E-state index < -0.39 is 40.7 Å². The van der Waals surface area contributed by atoms with Gasteiger partial charge >= 0.3 is 18.4 Å². The van der Waals surface area contributed by atoms with Crippen LogP contribution in [0.1, 0.15) is 52.7 Å². The SMILES string of the molecule is CC(C)(C)OC(=O)NC1(c2cc(Cl)cc(C(F)(F)F)c2)CN(C(=O)OC(C)(C)C)C1. The maximum atomic E-state index is 13.3. The van der Waals surface area contributed by atoms with Crippen molar-refractivity contribution in [3.05, 3.63) is 34.3 Å². The van der Waals surface area contributed by atoms with Crippen molar-refractivity contribution in [3.63, 3.8) is 0 Å². The Morgan fingerprint density at radius 3 is 2.00 bits per heavy atom. The molecule has 0 bridgehead atoms. The highest BCUT2D eigenvalue weighted by Gasteiger charge is 2.50. The molecule has 0 aromatic heterocycles. The summed E-state index contributed by atoms with van der Waals surface area (Å²) in [6.07, 6.45) is -6.08. The van der Waals surface area contributed by atoms with Gasteiger partial charge in [-0.1, -0.05) is 11.6 Å². The second-order valence-corrected chi connectivity index (χ2v) is 9.71. The fourth-order valence-corrected chi connectivity index (χ4v) is 3.16. The maximum absolute atomic E-state index is 13.3. The highest BCUT2D eigenvalue weighted by molar-refractivity contribution is 6.30. The second-order valence-electron chi connectivity index (χ2n) is 9.27. The van der Waals surface area contributed by atoms with Gasteiger partial charge in [0.2, 0.25) is 0 Å². The van der Waals surface area contributed by atoms with Crippen LogP contribution in [0.5, 0.6) is 0 Å². The summed E-state index contributed by atoms with van der Waals surface area (Å²) in [5.74, 6) is 0. The maximum Gasteiger partial charge on any atom is 0.416 e. The fraction of sp³-hybridized carbons (Fsp3) is 0.600. The number of nitrogens with zero attached hydrogens (tertiary/aromatic N) is 1. The van der Waals surface area contributed by atoms with E-state index in [0.29, 0.717) is 0 Å². The Kier molecular flexibility index (Phi) is 6.29. The normalized spacial score (nSPS) is 16.5. The van der Waals surface area contributed by atoms with Crippen molar-refractivity contribution < 1.29 is 32.2 Å². The molecule has 1 aliphatic rings. The Morgan fingerprint density at radius 1 is 1.00 bits per heavy atom. The van der Waals surface area contributed by atoms with Crippen LogP contribution in [0.15, 0.2) is 18.2 Å². The summed E-state index contributed by atoms with van der Waals surface area (Å²) in [7, 11) is 0. The summed E-state index contributed by atoms with van der Waals surface area (Å²) in [6, 6.07) is 3.05. The highest BCUT2D eigenvalue weighted by Crippen LogP contribution is 2.39. The van der Waals surface area contributed by atoms with Gasteiger partial charge in [0.1, 0.15) is 16.7 Å². The molecule has 0 saturated carbocycles. The average molecular weight is 451 g/mol. The van der Waals surface area contributed by atoms with E-state index in [0.717, 1.165) is 12.1 Å². The van der Waals surface area contributed by atoms with Crippen molar-refractivity contribution in [1.29, 1.82) is 0 Å². The van der Waals surface area contributed by atoms with E-state index in [1.807, 2.05) is 0 Å². The van der Waals surface area contributed by atoms with E-state index in [4.69, 9.17) is 21.1 Å². The van der Waals surface area contributed by atoms with Crippen LogP contribution in [0.2, 0.25) is 5.02 Å². The number of ether oxygens (including phenoxy) is 2. The number of amides is 2. The van der Waals surface area contributed by atoms with Crippen LogP contribution in [0.4, 0.5) is 22.8 Å². The van der Waals surface area contributed by atoms with E-state index in [1.165, 1.54) is 11.0 Å². The Morgan fingerprint density at radius 2 is 1.53 bits per heavy atom. The molecule has 10 heteroatoms. The lowest BCUT2D eigenvalue weighted by Crippen LogP contribution is -2.69. The number of carbonyl (C=O) groups excluding carboxylic acids is 2. The van der Waals surface area contributed by atoms with Crippen LogP contribution in [0.25, 0.3) is 0 Å². The quantitative estimate of drug-likeness (QED) is 0.661. The minimum absolute atomic E-state index is 0.0984. The van der Waals surface area contributed by atoms with Crippen molar-refractivity contribution in [2.75, 3.05) is 13.1 Å². The Labute approximate surface area is 178 Å². The first-order valence-corrected chi connectivity index (χ1v) is 9.65. The first-order valence-electron chi connectivity index (χ1n) is 9.28. The molecular weight excluding hydrogens is 425 g/mol. The molecule has 30 heavy (non-hydrogen) atoms. The summed E-state index contributed by atoms with van der Waals surface area (Å²) in [5.41, 5.74) is -3.69. The molecule has 1 saturated heterocycles. The zero-order valence-electron chi connectivity index (χ0n) is 17.7. The topological polar surface area (TPSA) is 67.9 Å². The molecule has 1 aliphatic heterocycles. The smallest absolute Gasteiger partial charge is 0.416 e. The Hall–Kier alpha value is -2.16. The van der Waals surface area contributed by atoms with Crippen LogP contribution in [-0.4, -0.2) is 41.4 Å². The predicted molar refractivity (Wildman–Crippen MR) is 105 cm³/mol. The summed E-state index contributed by atoms with van der Waals surface area (Å²) in [5, 5.41) is 2.48. The molecule has 0 radical (unpaired) electrons. The summed E-state index contributed by atoms with van der Waals surface area (Å²) in [4.78, 5) is 26.0. The number of alkyl halides is 3. The van der Waals surface area contributed by atoms with Gasteiger partial charge in [-0.25, -0.2) is 9.59 Å². The number of hydrogen-bond acceptors (Lipinski definition) is 4. The number of likely N-dealkylation sites (tertiary alicyclic amines) is 1. The van der Waals surface area contributed by atoms with Crippen LogP contribution in [-0.2, 0) is 21.2 Å². The third-order valence-corrected chi connectivity index (χ3v) is 4.31. The van der Waals surface area contributed by atoms with Gasteiger partial charge in [0.15, 0.2) is 0 Å². The van der Waals surface area contributed by atoms with E-state index >= 15 is 0 Å². The number of carbonyl (C=O) groups is 2. The first kappa shape index (κ1) is 24.1. The van der Waals surface area contributed by atoms with E-state index in [9.17, 15) is 22.8 Å². The molecule has 1 aromatic carbocycles. The molecular formula is C20H26ClF3N2O4. The van der Waals surface area contributed by atoms with E-state index in [-0.39, 0.29) is 23.7 Å². The molecule has 1 heterocycles. The molecule has 168 valence electrons. The number of alkyl carbamates (subject to hydrolysis) is 1. The van der Waals surface area contributed by atoms with Gasteiger partial charge in [0.05, 0.1) is 18.7 Å². The largest absolute Gasteiger partial charge is 0.444 e. The number of rotatable bonds is 2. The first-order chi connectivity index (χ1) is 13.4. The zero-order chi connectivity index (χ0) is 23.1. The number of benzene rings is 1. The molecule has 0 atom stereocenters. The number of nitrogens with one attached hydrogen (secondary N) is 1. The highest BCUT2D eigenvalue weighted by atomic mass is 35.5. The molecule has 1 aromatic rings. The lowest BCUT2D eigenvalue weighted by Gasteiger charge is -2.50. The standard InChI is InChI=1S/C20H26ClF3N2O4/c1-17(2,3)29-15(27)25-19(10-26(11-19)16(28)30-18(4,5)6)12-7-13(20(22,23)24)9-14(21)8-12/h7-9H,10-11H2,1-6H3,(H,25,27). The van der Waals surface area contributed by atoms with E-state index in [1.54, 1.807) is 41.5 Å². The predicted octanol–water partition coefficient (Wildman–Crippen LogP) is 5.33. The molecule has 1 N–H and O–H groups in total. The lowest BCUT2D eigenvalue weighted by atomic mass is 9.82. The van der Waals surface area contributed by atoms with Crippen molar-refractivity contribution >= 4 is 23.8 Å². The Bertz CT molecular complexity index is 823. The summed E-state index contributed by atoms with van der Waals surface area (Å²) < 4.78 is 50.4. The van der Waals surface area contributed by atoms with Crippen molar-refractivity contribution in [1.82, 2.24) is 10.2 Å². The third kappa shape index (κ3) is 6.17. The monoisotopic (exact) mass is 450 g/mol. The van der Waals surface area contributed by atoms with Crippen molar-refractivity contribution in [2.24, 2.45) is 0 Å². The number of hydrogen-bond donors (Lipinski definition) is 1. The van der Waals surface area contributed by atoms with Gasteiger partial charge in [-0.2, -0.15) is 13.2 Å². The third-order valence-electron chi connectivity index (χ3n) is 4.09. The van der Waals surface area contributed by atoms with Crippen LogP contribution in [0.3, 0.4) is 0 Å². The molecule has 6 nitrogen and oxygen atoms in total. The molecule has 1 fully saturated rings. The van der Waals surface area contributed by atoms with Crippen LogP contribution in [0, 0.1) is 0 Å². The zero-order valence-corrected chi connectivity index (χ0v) is 18.5. The van der Waals surface area contributed by atoms with Crippen molar-refractivity contribution in [3.8, 4) is 0 Å². The Balaban J connectivity index is 2.36. The van der Waals surface area contributed by atoms with Crippen LogP contribution < -0.4 is 5.32 Å². The number of halogens is 4. The molecule has 2 amide bonds. The van der Waals surface area contributed by atoms with Gasteiger partial charge in [-0.3, -0.25) is 0 Å². The molecule has 0 spiro atoms. The average Bonchev–Trinajstić information content (AvgIpc) is 2.45. The van der Waals surface area contributed by atoms with Gasteiger partial charge in [0, 0.05) is 5.02 Å². The van der Waals surface area contributed by atoms with Gasteiger partial charge in [0.25, 0.3) is 0 Å². The molecule has 2 rings (SSSR count). The minimum Gasteiger partial charge on any atom is -0.444 e. The van der Waals surface area contributed by atoms with Crippen molar-refractivity contribution in [2.45, 2.75) is 64.5 Å². The summed E-state index contributed by atoms with van der Waals surface area (Å²) in [6.45, 7) is 9.88. The second kappa shape index (κ2) is 7.83. The van der Waals surface area contributed by atoms with Crippen LogP contribution >= 0.6 is 11.6 Å². The molecule has 0 aliphatic carbocycles.